The van der Waals surface area contributed by atoms with Crippen molar-refractivity contribution in [1.82, 2.24) is 0 Å². The van der Waals surface area contributed by atoms with Crippen LogP contribution in [0.2, 0.25) is 3.93 Å². The van der Waals surface area contributed by atoms with Crippen molar-refractivity contribution < 1.29 is 4.74 Å². The molecular weight excluding hydrogens is 507 g/mol. The second-order valence-corrected chi connectivity index (χ2v) is 20.6. The van der Waals surface area contributed by atoms with Crippen molar-refractivity contribution >= 4 is 29.1 Å². The maximum atomic E-state index is 6.30. The molecule has 0 aliphatic carbocycles. The summed E-state index contributed by atoms with van der Waals surface area (Å²) in [5, 5.41) is 0. The van der Waals surface area contributed by atoms with Crippen LogP contribution in [0.25, 0.3) is 0 Å². The van der Waals surface area contributed by atoms with Gasteiger partial charge in [0.25, 0.3) is 0 Å². The first kappa shape index (κ1) is 23.8. The summed E-state index contributed by atoms with van der Waals surface area (Å²) in [5.74, 6) is 0.454. The van der Waals surface area contributed by atoms with Crippen LogP contribution in [-0.2, 0) is 11.3 Å². The zero-order valence-corrected chi connectivity index (χ0v) is 22.6. The van der Waals surface area contributed by atoms with Crippen molar-refractivity contribution in [2.45, 2.75) is 30.8 Å². The van der Waals surface area contributed by atoms with Crippen LogP contribution < -0.4 is 10.7 Å². The summed E-state index contributed by atoms with van der Waals surface area (Å²) in [7, 11) is 0. The third-order valence-corrected chi connectivity index (χ3v) is 23.5. The predicted octanol–water partition coefficient (Wildman–Crippen LogP) is 5.79. The van der Waals surface area contributed by atoms with E-state index in [-0.39, 0.29) is 0 Å². The minimum atomic E-state index is -3.39. The van der Waals surface area contributed by atoms with E-state index in [4.69, 9.17) is 4.74 Å². The fraction of sp³-hybridized carbons (Fsp3) is 0.226. The van der Waals surface area contributed by atoms with E-state index in [2.05, 4.69) is 135 Å². The van der Waals surface area contributed by atoms with Crippen molar-refractivity contribution in [2.75, 3.05) is 6.61 Å². The van der Waals surface area contributed by atoms with Crippen LogP contribution in [0, 0.1) is 5.92 Å². The molecule has 0 spiro atoms. The predicted molar refractivity (Wildman–Crippen MR) is 143 cm³/mol. The zero-order chi connectivity index (χ0) is 22.9. The Morgan fingerprint density at radius 3 is 1.39 bits per heavy atom. The van der Waals surface area contributed by atoms with Gasteiger partial charge in [0.1, 0.15) is 0 Å². The summed E-state index contributed by atoms with van der Waals surface area (Å²) in [4.78, 5) is 0. The molecule has 4 aromatic rings. The van der Waals surface area contributed by atoms with Crippen LogP contribution >= 0.6 is 0 Å². The average molecular weight is 541 g/mol. The molecule has 0 saturated carbocycles. The second-order valence-electron chi connectivity index (χ2n) is 8.90. The maximum absolute atomic E-state index is 6.30. The first-order valence-corrected chi connectivity index (χ1v) is 18.0. The van der Waals surface area contributed by atoms with Gasteiger partial charge < -0.3 is 0 Å². The Balaban J connectivity index is 1.77. The molecular formula is C31H34OSn. The van der Waals surface area contributed by atoms with Gasteiger partial charge in [-0.05, 0) is 0 Å². The standard InChI is InChI=1S/C13H19O.3C6H5.Sn/c1-3-7-12(2)10-14-11-13-8-5-4-6-9-13;3*1-2-4-6-5-3-1;/h4-9,12H,3,10-11H2,1-2H3;3*1-5H;/t12-;;;;/m1..../s1. The molecule has 0 aliphatic rings. The average Bonchev–Trinajstić information content (AvgIpc) is 2.89. The van der Waals surface area contributed by atoms with Gasteiger partial charge in [-0.1, -0.05) is 0 Å². The van der Waals surface area contributed by atoms with E-state index in [0.717, 1.165) is 13.0 Å². The van der Waals surface area contributed by atoms with E-state index in [9.17, 15) is 0 Å². The summed E-state index contributed by atoms with van der Waals surface area (Å²) in [6.45, 7) is 6.23. The van der Waals surface area contributed by atoms with Crippen molar-refractivity contribution in [3.8, 4) is 0 Å². The van der Waals surface area contributed by atoms with Crippen LogP contribution in [0.15, 0.2) is 121 Å². The van der Waals surface area contributed by atoms with Gasteiger partial charge in [-0.25, -0.2) is 0 Å². The molecule has 0 aromatic heterocycles. The SMILES string of the molecule is CC[C@H]([C@@H](C)COCc1ccccc1)[Sn]([c]1ccccc1)([c]1ccccc1)[c]1ccccc1. The summed E-state index contributed by atoms with van der Waals surface area (Å²) in [6, 6.07) is 44.6. The summed E-state index contributed by atoms with van der Waals surface area (Å²) < 4.78 is 11.5. The van der Waals surface area contributed by atoms with Crippen molar-refractivity contribution in [2.24, 2.45) is 5.92 Å². The molecule has 0 saturated heterocycles. The van der Waals surface area contributed by atoms with E-state index in [0.29, 0.717) is 16.5 Å². The second kappa shape index (κ2) is 11.7. The molecule has 0 heterocycles. The fourth-order valence-corrected chi connectivity index (χ4v) is 22.6. The van der Waals surface area contributed by atoms with Gasteiger partial charge in [0.15, 0.2) is 0 Å². The van der Waals surface area contributed by atoms with Crippen LogP contribution in [0.3, 0.4) is 0 Å². The van der Waals surface area contributed by atoms with Crippen LogP contribution in [-0.4, -0.2) is 25.0 Å². The van der Waals surface area contributed by atoms with Gasteiger partial charge >= 0.3 is 204 Å². The minimum absolute atomic E-state index is 0.454. The van der Waals surface area contributed by atoms with Crippen LogP contribution in [0.5, 0.6) is 0 Å². The summed E-state index contributed by atoms with van der Waals surface area (Å²) in [5.41, 5.74) is 1.24. The van der Waals surface area contributed by atoms with Gasteiger partial charge in [-0.15, -0.1) is 0 Å². The Morgan fingerprint density at radius 2 is 1.00 bits per heavy atom. The Hall–Kier alpha value is -2.36. The third-order valence-electron chi connectivity index (χ3n) is 6.86. The Kier molecular flexibility index (Phi) is 8.41. The normalized spacial score (nSPS) is 13.4. The van der Waals surface area contributed by atoms with Crippen LogP contribution in [0.4, 0.5) is 0 Å². The molecule has 4 rings (SSSR count). The summed E-state index contributed by atoms with van der Waals surface area (Å²) in [6.07, 6.45) is 1.14. The van der Waals surface area contributed by atoms with E-state index in [1.807, 2.05) is 0 Å². The topological polar surface area (TPSA) is 9.23 Å². The van der Waals surface area contributed by atoms with Gasteiger partial charge in [0, 0.05) is 0 Å². The molecule has 0 aliphatic heterocycles. The fourth-order valence-electron chi connectivity index (χ4n) is 5.43. The van der Waals surface area contributed by atoms with Crippen molar-refractivity contribution in [3.05, 3.63) is 127 Å². The number of hydrogen-bond acceptors (Lipinski definition) is 1. The molecule has 4 aromatic carbocycles. The molecule has 33 heavy (non-hydrogen) atoms. The number of benzene rings is 4. The van der Waals surface area contributed by atoms with Gasteiger partial charge in [-0.3, -0.25) is 0 Å². The van der Waals surface area contributed by atoms with Gasteiger partial charge in [0.05, 0.1) is 0 Å². The molecule has 0 unspecified atom stereocenters. The quantitative estimate of drug-likeness (QED) is 0.231. The Morgan fingerprint density at radius 1 is 0.606 bits per heavy atom. The van der Waals surface area contributed by atoms with E-state index < -0.39 is 18.4 Å². The van der Waals surface area contributed by atoms with Crippen LogP contribution in [0.1, 0.15) is 25.8 Å². The first-order valence-electron chi connectivity index (χ1n) is 12.0. The molecule has 0 amide bonds. The molecule has 0 N–H and O–H groups in total. The molecule has 168 valence electrons. The molecule has 0 fully saturated rings. The Labute approximate surface area is 203 Å². The Bertz CT molecular complexity index is 984. The number of hydrogen-bond donors (Lipinski definition) is 0. The summed E-state index contributed by atoms with van der Waals surface area (Å²) >= 11 is -3.39. The molecule has 0 radical (unpaired) electrons. The van der Waals surface area contributed by atoms with E-state index in [1.165, 1.54) is 5.56 Å². The monoisotopic (exact) mass is 542 g/mol. The molecule has 0 bridgehead atoms. The third kappa shape index (κ3) is 5.26. The van der Waals surface area contributed by atoms with Gasteiger partial charge in [0.2, 0.25) is 0 Å². The number of ether oxygens (including phenoxy) is 1. The molecule has 2 heteroatoms. The van der Waals surface area contributed by atoms with Crippen molar-refractivity contribution in [1.29, 1.82) is 0 Å². The van der Waals surface area contributed by atoms with Crippen molar-refractivity contribution in [3.63, 3.8) is 0 Å². The van der Waals surface area contributed by atoms with E-state index in [1.54, 1.807) is 10.7 Å². The number of rotatable bonds is 10. The zero-order valence-electron chi connectivity index (χ0n) is 19.7. The van der Waals surface area contributed by atoms with Gasteiger partial charge in [-0.2, -0.15) is 0 Å². The first-order chi connectivity index (χ1) is 16.3. The molecule has 2 atom stereocenters. The molecule has 1 nitrogen and oxygen atoms in total. The van der Waals surface area contributed by atoms with E-state index >= 15 is 0 Å².